The lowest BCUT2D eigenvalue weighted by molar-refractivity contribution is -0.119. The summed E-state index contributed by atoms with van der Waals surface area (Å²) >= 11 is 0. The van der Waals surface area contributed by atoms with Crippen molar-refractivity contribution >= 4 is 5.78 Å². The molecule has 78 valence electrons. The number of hydrogen-bond donors (Lipinski definition) is 1. The summed E-state index contributed by atoms with van der Waals surface area (Å²) in [5, 5.41) is 0. The van der Waals surface area contributed by atoms with Crippen LogP contribution in [0.25, 0.3) is 0 Å². The van der Waals surface area contributed by atoms with Crippen LogP contribution in [0.15, 0.2) is 24.3 Å². The molecule has 0 aliphatic heterocycles. The summed E-state index contributed by atoms with van der Waals surface area (Å²) in [4.78, 5) is 11.5. The summed E-state index contributed by atoms with van der Waals surface area (Å²) in [7, 11) is 0. The molecular weight excluding hydrogens is 193 g/mol. The molecule has 0 aromatic heterocycles. The maximum absolute atomic E-state index is 12.8. The molecule has 0 amide bonds. The van der Waals surface area contributed by atoms with Crippen LogP contribution >= 0.6 is 0 Å². The summed E-state index contributed by atoms with van der Waals surface area (Å²) in [5.41, 5.74) is 6.15. The molecule has 1 unspecified atom stereocenters. The first kappa shape index (κ1) is 11.4. The number of nitrogens with two attached hydrogens (primary N) is 1. The zero-order valence-corrected chi connectivity index (χ0v) is 8.24. The molecule has 0 aliphatic carbocycles. The van der Waals surface area contributed by atoms with E-state index in [2.05, 4.69) is 5.92 Å². The Hall–Kier alpha value is -1.66. The number of Topliss-reactive ketones (excluding diaryl/α,β-unsaturated/α-hetero) is 1. The van der Waals surface area contributed by atoms with E-state index in [1.54, 1.807) is 12.1 Å². The van der Waals surface area contributed by atoms with E-state index >= 15 is 0 Å². The normalized spacial score (nSPS) is 11.8. The van der Waals surface area contributed by atoms with Gasteiger partial charge in [0.1, 0.15) is 5.82 Å². The van der Waals surface area contributed by atoms with Gasteiger partial charge in [-0.2, -0.15) is 0 Å². The fourth-order valence-electron chi connectivity index (χ4n) is 1.22. The first-order valence-corrected chi connectivity index (χ1v) is 4.59. The van der Waals surface area contributed by atoms with E-state index < -0.39 is 6.04 Å². The standard InChI is InChI=1S/C12H12FNO/c1-2-4-11(14)12(15)8-9-5-3-6-10(13)7-9/h1,3,5-7,11H,4,8,14H2. The van der Waals surface area contributed by atoms with Crippen molar-refractivity contribution in [2.75, 3.05) is 0 Å². The van der Waals surface area contributed by atoms with Gasteiger partial charge < -0.3 is 5.73 Å². The zero-order chi connectivity index (χ0) is 11.3. The van der Waals surface area contributed by atoms with Crippen LogP contribution in [-0.4, -0.2) is 11.8 Å². The van der Waals surface area contributed by atoms with Crippen molar-refractivity contribution in [2.45, 2.75) is 18.9 Å². The summed E-state index contributed by atoms with van der Waals surface area (Å²) in [5.74, 6) is 1.80. The Balaban J connectivity index is 2.63. The lowest BCUT2D eigenvalue weighted by Gasteiger charge is -2.06. The van der Waals surface area contributed by atoms with Crippen molar-refractivity contribution in [3.8, 4) is 12.3 Å². The Morgan fingerprint density at radius 1 is 1.60 bits per heavy atom. The molecule has 0 saturated heterocycles. The Morgan fingerprint density at radius 3 is 2.93 bits per heavy atom. The van der Waals surface area contributed by atoms with Crippen LogP contribution in [-0.2, 0) is 11.2 Å². The Bertz CT molecular complexity index is 395. The van der Waals surface area contributed by atoms with Crippen LogP contribution < -0.4 is 5.73 Å². The van der Waals surface area contributed by atoms with Gasteiger partial charge in [-0.25, -0.2) is 4.39 Å². The predicted octanol–water partition coefficient (Wildman–Crippen LogP) is 1.29. The molecule has 1 aromatic carbocycles. The van der Waals surface area contributed by atoms with E-state index in [9.17, 15) is 9.18 Å². The second-order valence-corrected chi connectivity index (χ2v) is 3.29. The molecule has 0 radical (unpaired) electrons. The van der Waals surface area contributed by atoms with E-state index in [1.807, 2.05) is 0 Å². The van der Waals surface area contributed by atoms with Crippen molar-refractivity contribution in [3.63, 3.8) is 0 Å². The topological polar surface area (TPSA) is 43.1 Å². The second-order valence-electron chi connectivity index (χ2n) is 3.29. The summed E-state index contributed by atoms with van der Waals surface area (Å²) < 4.78 is 12.8. The van der Waals surface area contributed by atoms with E-state index in [1.165, 1.54) is 12.1 Å². The number of terminal acetylenes is 1. The van der Waals surface area contributed by atoms with Gasteiger partial charge in [-0.1, -0.05) is 12.1 Å². The average Bonchev–Trinajstić information content (AvgIpc) is 2.18. The number of ketones is 1. The predicted molar refractivity (Wildman–Crippen MR) is 56.5 cm³/mol. The van der Waals surface area contributed by atoms with Gasteiger partial charge in [-0.3, -0.25) is 4.79 Å². The van der Waals surface area contributed by atoms with Gasteiger partial charge in [-0.15, -0.1) is 12.3 Å². The fraction of sp³-hybridized carbons (Fsp3) is 0.250. The molecule has 0 saturated carbocycles. The van der Waals surface area contributed by atoms with E-state index in [0.717, 1.165) is 0 Å². The Kier molecular flexibility index (Phi) is 4.02. The lowest BCUT2D eigenvalue weighted by Crippen LogP contribution is -2.31. The average molecular weight is 205 g/mol. The number of halogens is 1. The van der Waals surface area contributed by atoms with Crippen molar-refractivity contribution in [2.24, 2.45) is 5.73 Å². The van der Waals surface area contributed by atoms with Crippen LogP contribution in [0.2, 0.25) is 0 Å². The molecule has 1 atom stereocenters. The highest BCUT2D eigenvalue weighted by molar-refractivity contribution is 5.86. The monoisotopic (exact) mass is 205 g/mol. The maximum atomic E-state index is 12.8. The number of carbonyl (C=O) groups is 1. The SMILES string of the molecule is C#CCC(N)C(=O)Cc1cccc(F)c1. The van der Waals surface area contributed by atoms with E-state index in [4.69, 9.17) is 12.2 Å². The third kappa shape index (κ3) is 3.53. The van der Waals surface area contributed by atoms with E-state index in [-0.39, 0.29) is 24.4 Å². The van der Waals surface area contributed by atoms with Crippen molar-refractivity contribution in [1.82, 2.24) is 0 Å². The molecule has 15 heavy (non-hydrogen) atoms. The molecule has 0 heterocycles. The molecule has 0 spiro atoms. The minimum atomic E-state index is -0.654. The van der Waals surface area contributed by atoms with Gasteiger partial charge in [-0.05, 0) is 17.7 Å². The van der Waals surface area contributed by atoms with Crippen LogP contribution in [0.4, 0.5) is 4.39 Å². The molecule has 2 N–H and O–H groups in total. The van der Waals surface area contributed by atoms with Crippen molar-refractivity contribution < 1.29 is 9.18 Å². The highest BCUT2D eigenvalue weighted by Gasteiger charge is 2.12. The number of carbonyl (C=O) groups excluding carboxylic acids is 1. The minimum absolute atomic E-state index is 0.126. The van der Waals surface area contributed by atoms with Crippen molar-refractivity contribution in [1.29, 1.82) is 0 Å². The summed E-state index contributed by atoms with van der Waals surface area (Å²) in [6.45, 7) is 0. The molecule has 2 nitrogen and oxygen atoms in total. The van der Waals surface area contributed by atoms with Crippen LogP contribution in [0, 0.1) is 18.2 Å². The van der Waals surface area contributed by atoms with Crippen LogP contribution in [0.3, 0.4) is 0 Å². The largest absolute Gasteiger partial charge is 0.321 e. The van der Waals surface area contributed by atoms with Crippen molar-refractivity contribution in [3.05, 3.63) is 35.6 Å². The lowest BCUT2D eigenvalue weighted by atomic mass is 10.0. The van der Waals surface area contributed by atoms with Gasteiger partial charge in [0.25, 0.3) is 0 Å². The molecule has 1 aromatic rings. The maximum Gasteiger partial charge on any atom is 0.154 e. The van der Waals surface area contributed by atoms with Gasteiger partial charge in [0, 0.05) is 12.8 Å². The second kappa shape index (κ2) is 5.28. The molecular formula is C12H12FNO. The fourth-order valence-corrected chi connectivity index (χ4v) is 1.22. The van der Waals surface area contributed by atoms with Gasteiger partial charge in [0.05, 0.1) is 6.04 Å². The smallest absolute Gasteiger partial charge is 0.154 e. The number of hydrogen-bond acceptors (Lipinski definition) is 2. The zero-order valence-electron chi connectivity index (χ0n) is 8.24. The van der Waals surface area contributed by atoms with Gasteiger partial charge >= 0.3 is 0 Å². The van der Waals surface area contributed by atoms with E-state index in [0.29, 0.717) is 5.56 Å². The minimum Gasteiger partial charge on any atom is -0.321 e. The highest BCUT2D eigenvalue weighted by Crippen LogP contribution is 2.06. The van der Waals surface area contributed by atoms with Crippen LogP contribution in [0.1, 0.15) is 12.0 Å². The number of benzene rings is 1. The molecule has 0 fully saturated rings. The molecule has 1 rings (SSSR count). The van der Waals surface area contributed by atoms with Crippen LogP contribution in [0.5, 0.6) is 0 Å². The van der Waals surface area contributed by atoms with Gasteiger partial charge in [0.2, 0.25) is 0 Å². The molecule has 3 heteroatoms. The third-order valence-corrected chi connectivity index (χ3v) is 2.02. The summed E-state index contributed by atoms with van der Waals surface area (Å²) in [6, 6.07) is 5.24. The molecule has 0 bridgehead atoms. The quantitative estimate of drug-likeness (QED) is 0.752. The first-order valence-electron chi connectivity index (χ1n) is 4.59. The Morgan fingerprint density at radius 2 is 2.33 bits per heavy atom. The highest BCUT2D eigenvalue weighted by atomic mass is 19.1. The van der Waals surface area contributed by atoms with Gasteiger partial charge in [0.15, 0.2) is 5.78 Å². The molecule has 0 aliphatic rings. The number of rotatable bonds is 4. The Labute approximate surface area is 88.3 Å². The third-order valence-electron chi connectivity index (χ3n) is 2.02. The summed E-state index contributed by atoms with van der Waals surface area (Å²) in [6.07, 6.45) is 5.38. The first-order chi connectivity index (χ1) is 7.13.